The van der Waals surface area contributed by atoms with Gasteiger partial charge in [0, 0.05) is 36.4 Å². The molecule has 0 fully saturated rings. The zero-order valence-electron chi connectivity index (χ0n) is 14.6. The number of pyridine rings is 2. The van der Waals surface area contributed by atoms with Crippen LogP contribution in [0.3, 0.4) is 0 Å². The van der Waals surface area contributed by atoms with Gasteiger partial charge in [0.05, 0.1) is 11.9 Å². The van der Waals surface area contributed by atoms with Crippen molar-refractivity contribution in [2.45, 2.75) is 6.42 Å². The van der Waals surface area contributed by atoms with Crippen molar-refractivity contribution in [1.82, 2.24) is 15.3 Å². The molecule has 0 aliphatic rings. The number of amides is 2. The van der Waals surface area contributed by atoms with Crippen LogP contribution in [0.1, 0.15) is 11.1 Å². The maximum atomic E-state index is 12.0. The molecule has 0 unspecified atom stereocenters. The van der Waals surface area contributed by atoms with Gasteiger partial charge in [-0.2, -0.15) is 0 Å². The summed E-state index contributed by atoms with van der Waals surface area (Å²) in [4.78, 5) is 20.2. The first-order chi connectivity index (χ1) is 13.2. The fourth-order valence-corrected chi connectivity index (χ4v) is 2.48. The Hall–Kier alpha value is -3.74. The topological polar surface area (TPSA) is 103 Å². The van der Waals surface area contributed by atoms with Crippen molar-refractivity contribution in [2.75, 3.05) is 17.2 Å². The second kappa shape index (κ2) is 9.10. The minimum Gasteiger partial charge on any atom is -0.354 e. The lowest BCUT2D eigenvalue weighted by atomic mass is 10.1. The molecule has 0 aliphatic carbocycles. The molecule has 2 aromatic heterocycles. The van der Waals surface area contributed by atoms with Gasteiger partial charge in [-0.05, 0) is 30.2 Å². The van der Waals surface area contributed by atoms with Crippen LogP contribution in [0.15, 0.2) is 67.1 Å². The number of aromatic nitrogens is 2. The summed E-state index contributed by atoms with van der Waals surface area (Å²) in [7, 11) is 0. The normalized spacial score (nSPS) is 10.1. The molecule has 0 spiro atoms. The van der Waals surface area contributed by atoms with Gasteiger partial charge in [0.25, 0.3) is 0 Å². The molecule has 4 N–H and O–H groups in total. The first-order valence-electron chi connectivity index (χ1n) is 8.51. The number of benzene rings is 1. The number of carbonyl (C=O) groups excluding carboxylic acids is 1. The molecule has 2 amide bonds. The highest BCUT2D eigenvalue weighted by Gasteiger charge is 2.07. The third kappa shape index (κ3) is 5.37. The maximum Gasteiger partial charge on any atom is 0.320 e. The number of anilines is 3. The highest BCUT2D eigenvalue weighted by molar-refractivity contribution is 5.92. The Balaban J connectivity index is 1.56. The number of hydrogen-bond donors (Lipinski definition) is 4. The lowest BCUT2D eigenvalue weighted by molar-refractivity contribution is 0.252. The van der Waals surface area contributed by atoms with E-state index in [1.165, 1.54) is 6.21 Å². The van der Waals surface area contributed by atoms with Crippen LogP contribution < -0.4 is 16.0 Å². The van der Waals surface area contributed by atoms with E-state index in [4.69, 9.17) is 5.41 Å². The van der Waals surface area contributed by atoms with E-state index in [2.05, 4.69) is 25.9 Å². The zero-order chi connectivity index (χ0) is 18.9. The van der Waals surface area contributed by atoms with Crippen LogP contribution in [0.2, 0.25) is 0 Å². The van der Waals surface area contributed by atoms with Crippen molar-refractivity contribution < 1.29 is 4.79 Å². The van der Waals surface area contributed by atoms with Gasteiger partial charge in [-0.3, -0.25) is 10.3 Å². The van der Waals surface area contributed by atoms with Crippen molar-refractivity contribution in [3.8, 4) is 0 Å². The molecule has 7 nitrogen and oxygen atoms in total. The van der Waals surface area contributed by atoms with E-state index in [0.29, 0.717) is 23.6 Å². The van der Waals surface area contributed by atoms with Gasteiger partial charge in [-0.1, -0.05) is 30.3 Å². The quantitative estimate of drug-likeness (QED) is 0.484. The smallest absolute Gasteiger partial charge is 0.320 e. The second-order valence-electron chi connectivity index (χ2n) is 5.78. The van der Waals surface area contributed by atoms with E-state index in [0.717, 1.165) is 17.7 Å². The Bertz CT molecular complexity index is 899. The molecule has 1 aromatic carbocycles. The first-order valence-corrected chi connectivity index (χ1v) is 8.51. The molecular formula is C20H20N6O. The Morgan fingerprint density at radius 2 is 1.89 bits per heavy atom. The summed E-state index contributed by atoms with van der Waals surface area (Å²) in [6, 6.07) is 14.9. The largest absolute Gasteiger partial charge is 0.354 e. The summed E-state index contributed by atoms with van der Waals surface area (Å²) in [5.74, 6) is 0.381. The molecular weight excluding hydrogens is 340 g/mol. The molecule has 0 atom stereocenters. The van der Waals surface area contributed by atoms with E-state index in [1.807, 2.05) is 42.5 Å². The Kier molecular flexibility index (Phi) is 6.08. The summed E-state index contributed by atoms with van der Waals surface area (Å²) in [6.07, 6.45) is 6.90. The number of nitrogens with zero attached hydrogens (tertiary/aromatic N) is 2. The summed E-state index contributed by atoms with van der Waals surface area (Å²) in [6.45, 7) is 0.523. The lowest BCUT2D eigenvalue weighted by Crippen LogP contribution is -2.30. The molecule has 0 radical (unpaired) electrons. The zero-order valence-corrected chi connectivity index (χ0v) is 14.6. The van der Waals surface area contributed by atoms with Crippen LogP contribution >= 0.6 is 0 Å². The summed E-state index contributed by atoms with van der Waals surface area (Å²) in [5.41, 5.74) is 3.29. The highest BCUT2D eigenvalue weighted by atomic mass is 16.2. The van der Waals surface area contributed by atoms with Crippen LogP contribution in [0.4, 0.5) is 22.0 Å². The van der Waals surface area contributed by atoms with Gasteiger partial charge in [-0.25, -0.2) is 9.78 Å². The van der Waals surface area contributed by atoms with E-state index in [1.54, 1.807) is 24.7 Å². The number of urea groups is 1. The highest BCUT2D eigenvalue weighted by Crippen LogP contribution is 2.20. The number of carbonyl (C=O) groups is 1. The van der Waals surface area contributed by atoms with Crippen LogP contribution in [-0.4, -0.2) is 28.8 Å². The summed E-state index contributed by atoms with van der Waals surface area (Å²) >= 11 is 0. The van der Waals surface area contributed by atoms with E-state index < -0.39 is 0 Å². The molecule has 0 bridgehead atoms. The molecule has 136 valence electrons. The van der Waals surface area contributed by atoms with Crippen molar-refractivity contribution in [1.29, 1.82) is 5.41 Å². The van der Waals surface area contributed by atoms with Crippen LogP contribution in [0, 0.1) is 5.41 Å². The minimum absolute atomic E-state index is 0.329. The van der Waals surface area contributed by atoms with Crippen molar-refractivity contribution in [2.24, 2.45) is 0 Å². The van der Waals surface area contributed by atoms with Gasteiger partial charge in [0.2, 0.25) is 0 Å². The average Bonchev–Trinajstić information content (AvgIpc) is 2.71. The number of rotatable bonds is 7. The predicted octanol–water partition coefficient (Wildman–Crippen LogP) is 3.58. The van der Waals surface area contributed by atoms with Gasteiger partial charge < -0.3 is 16.0 Å². The molecule has 0 aliphatic heterocycles. The van der Waals surface area contributed by atoms with Crippen molar-refractivity contribution in [3.05, 3.63) is 78.2 Å². The van der Waals surface area contributed by atoms with Crippen LogP contribution in [-0.2, 0) is 6.42 Å². The third-order valence-electron chi connectivity index (χ3n) is 3.83. The van der Waals surface area contributed by atoms with Crippen molar-refractivity contribution in [3.63, 3.8) is 0 Å². The van der Waals surface area contributed by atoms with Crippen LogP contribution in [0.5, 0.6) is 0 Å². The Morgan fingerprint density at radius 3 is 2.63 bits per heavy atom. The molecule has 27 heavy (non-hydrogen) atoms. The summed E-state index contributed by atoms with van der Waals surface area (Å²) in [5, 5.41) is 16.3. The molecule has 7 heteroatoms. The van der Waals surface area contributed by atoms with Gasteiger partial charge >= 0.3 is 6.03 Å². The van der Waals surface area contributed by atoms with E-state index >= 15 is 0 Å². The minimum atomic E-state index is -0.329. The average molecular weight is 360 g/mol. The van der Waals surface area contributed by atoms with E-state index in [9.17, 15) is 4.79 Å². The fraction of sp³-hybridized carbons (Fsp3) is 0.100. The first kappa shape index (κ1) is 18.1. The number of nitrogens with one attached hydrogen (secondary N) is 4. The van der Waals surface area contributed by atoms with Gasteiger partial charge in [-0.15, -0.1) is 0 Å². The second-order valence-corrected chi connectivity index (χ2v) is 5.78. The summed E-state index contributed by atoms with van der Waals surface area (Å²) < 4.78 is 0. The maximum absolute atomic E-state index is 12.0. The molecule has 3 rings (SSSR count). The van der Waals surface area contributed by atoms with Gasteiger partial charge in [0.15, 0.2) is 0 Å². The monoisotopic (exact) mass is 360 g/mol. The SMILES string of the molecule is N=Cc1cc(NC(=O)NCCc2ccccc2)ncc1Nc1ccncc1. The van der Waals surface area contributed by atoms with E-state index in [-0.39, 0.29) is 6.03 Å². The lowest BCUT2D eigenvalue weighted by Gasteiger charge is -2.11. The molecule has 0 saturated heterocycles. The predicted molar refractivity (Wildman–Crippen MR) is 107 cm³/mol. The number of hydrogen-bond acceptors (Lipinski definition) is 5. The Labute approximate surface area is 157 Å². The fourth-order valence-electron chi connectivity index (χ4n) is 2.48. The molecule has 2 heterocycles. The molecule has 0 saturated carbocycles. The van der Waals surface area contributed by atoms with Gasteiger partial charge in [0.1, 0.15) is 5.82 Å². The Morgan fingerprint density at radius 1 is 1.11 bits per heavy atom. The van der Waals surface area contributed by atoms with Crippen molar-refractivity contribution >= 4 is 29.4 Å². The van der Waals surface area contributed by atoms with Crippen LogP contribution in [0.25, 0.3) is 0 Å². The molecule has 3 aromatic rings. The standard InChI is InChI=1S/C20H20N6O/c21-13-16-12-19(24-14-18(16)25-17-7-9-22-10-8-17)26-20(27)23-11-6-15-4-2-1-3-5-15/h1-5,7-10,12-14,21H,6,11H2,(H,22,25)(H2,23,24,26,27). The third-order valence-corrected chi connectivity index (χ3v) is 3.83.